The Morgan fingerprint density at radius 1 is 1.05 bits per heavy atom. The molecule has 19 heavy (non-hydrogen) atoms. The van der Waals surface area contributed by atoms with Crippen LogP contribution in [0.1, 0.15) is 38.5 Å². The van der Waals surface area contributed by atoms with Crippen LogP contribution in [0.2, 0.25) is 0 Å². The maximum absolute atomic E-state index is 5.62. The molecule has 0 spiro atoms. The molecule has 1 aliphatic heterocycles. The SMILES string of the molecule is c1cc(SC2CCCC2)ccc1NCC1CCCO1. The van der Waals surface area contributed by atoms with Crippen LogP contribution in [0.3, 0.4) is 0 Å². The van der Waals surface area contributed by atoms with Gasteiger partial charge in [-0.1, -0.05) is 12.8 Å². The Balaban J connectivity index is 1.47. The monoisotopic (exact) mass is 277 g/mol. The lowest BCUT2D eigenvalue weighted by atomic mass is 10.2. The van der Waals surface area contributed by atoms with E-state index in [1.807, 2.05) is 0 Å². The fraction of sp³-hybridized carbons (Fsp3) is 0.625. The first-order valence-electron chi connectivity index (χ1n) is 7.52. The molecule has 0 bridgehead atoms. The second-order valence-electron chi connectivity index (χ2n) is 5.56. The minimum Gasteiger partial charge on any atom is -0.382 e. The zero-order valence-electron chi connectivity index (χ0n) is 11.4. The van der Waals surface area contributed by atoms with Gasteiger partial charge in [0.15, 0.2) is 0 Å². The lowest BCUT2D eigenvalue weighted by molar-refractivity contribution is 0.120. The van der Waals surface area contributed by atoms with Crippen molar-refractivity contribution in [3.8, 4) is 0 Å². The molecule has 104 valence electrons. The summed E-state index contributed by atoms with van der Waals surface area (Å²) in [6.45, 7) is 1.87. The molecule has 2 nitrogen and oxygen atoms in total. The van der Waals surface area contributed by atoms with Crippen LogP contribution in [0.4, 0.5) is 5.69 Å². The highest BCUT2D eigenvalue weighted by Crippen LogP contribution is 2.34. The smallest absolute Gasteiger partial charge is 0.0748 e. The van der Waals surface area contributed by atoms with Crippen LogP contribution in [0, 0.1) is 0 Å². The van der Waals surface area contributed by atoms with Gasteiger partial charge in [-0.15, -0.1) is 11.8 Å². The van der Waals surface area contributed by atoms with Gasteiger partial charge in [0.2, 0.25) is 0 Å². The zero-order valence-corrected chi connectivity index (χ0v) is 12.3. The molecule has 1 heterocycles. The first kappa shape index (κ1) is 13.3. The Labute approximate surface area is 120 Å². The second-order valence-corrected chi connectivity index (χ2v) is 6.94. The highest BCUT2D eigenvalue weighted by Gasteiger charge is 2.16. The van der Waals surface area contributed by atoms with Crippen molar-refractivity contribution in [2.75, 3.05) is 18.5 Å². The second kappa shape index (κ2) is 6.67. The van der Waals surface area contributed by atoms with Crippen LogP contribution in [-0.2, 0) is 4.74 Å². The van der Waals surface area contributed by atoms with E-state index in [1.54, 1.807) is 0 Å². The van der Waals surface area contributed by atoms with Crippen LogP contribution < -0.4 is 5.32 Å². The van der Waals surface area contributed by atoms with Crippen LogP contribution in [0.5, 0.6) is 0 Å². The molecule has 1 atom stereocenters. The molecule has 2 fully saturated rings. The fourth-order valence-corrected chi connectivity index (χ4v) is 4.13. The molecule has 1 unspecified atom stereocenters. The van der Waals surface area contributed by atoms with E-state index in [-0.39, 0.29) is 0 Å². The molecule has 0 amide bonds. The van der Waals surface area contributed by atoms with Crippen LogP contribution >= 0.6 is 11.8 Å². The summed E-state index contributed by atoms with van der Waals surface area (Å²) in [5.74, 6) is 0. The van der Waals surface area contributed by atoms with Gasteiger partial charge in [-0.05, 0) is 49.9 Å². The third kappa shape index (κ3) is 3.90. The minimum atomic E-state index is 0.410. The van der Waals surface area contributed by atoms with Gasteiger partial charge in [-0.3, -0.25) is 0 Å². The van der Waals surface area contributed by atoms with Gasteiger partial charge in [0.05, 0.1) is 6.10 Å². The van der Waals surface area contributed by atoms with Crippen molar-refractivity contribution in [2.24, 2.45) is 0 Å². The average Bonchev–Trinajstić information content (AvgIpc) is 3.11. The van der Waals surface area contributed by atoms with Crippen molar-refractivity contribution in [3.05, 3.63) is 24.3 Å². The van der Waals surface area contributed by atoms with Crippen molar-refractivity contribution in [3.63, 3.8) is 0 Å². The third-order valence-electron chi connectivity index (χ3n) is 4.02. The summed E-state index contributed by atoms with van der Waals surface area (Å²) in [7, 11) is 0. The molecule has 0 radical (unpaired) electrons. The average molecular weight is 277 g/mol. The molecule has 0 aromatic heterocycles. The van der Waals surface area contributed by atoms with E-state index in [2.05, 4.69) is 41.3 Å². The van der Waals surface area contributed by atoms with Gasteiger partial charge in [0, 0.05) is 29.0 Å². The highest BCUT2D eigenvalue weighted by atomic mass is 32.2. The Morgan fingerprint density at radius 2 is 1.84 bits per heavy atom. The maximum atomic E-state index is 5.62. The molecule has 1 saturated carbocycles. The maximum Gasteiger partial charge on any atom is 0.0748 e. The van der Waals surface area contributed by atoms with Gasteiger partial charge >= 0.3 is 0 Å². The highest BCUT2D eigenvalue weighted by molar-refractivity contribution is 8.00. The van der Waals surface area contributed by atoms with Gasteiger partial charge in [-0.25, -0.2) is 0 Å². The van der Waals surface area contributed by atoms with E-state index in [0.29, 0.717) is 6.10 Å². The van der Waals surface area contributed by atoms with Gasteiger partial charge in [0.1, 0.15) is 0 Å². The van der Waals surface area contributed by atoms with E-state index < -0.39 is 0 Å². The predicted molar refractivity (Wildman–Crippen MR) is 82.0 cm³/mol. The molecule has 1 aromatic carbocycles. The van der Waals surface area contributed by atoms with Crippen LogP contribution in [0.25, 0.3) is 0 Å². The van der Waals surface area contributed by atoms with Crippen LogP contribution in [0.15, 0.2) is 29.2 Å². The quantitative estimate of drug-likeness (QED) is 0.866. The predicted octanol–water partition coefficient (Wildman–Crippen LogP) is 4.31. The van der Waals surface area contributed by atoms with Crippen LogP contribution in [-0.4, -0.2) is 24.5 Å². The molecule has 2 aliphatic rings. The summed E-state index contributed by atoms with van der Waals surface area (Å²) < 4.78 is 5.62. The molecule has 1 saturated heterocycles. The molecule has 3 rings (SSSR count). The first-order valence-corrected chi connectivity index (χ1v) is 8.40. The molecule has 1 N–H and O–H groups in total. The van der Waals surface area contributed by atoms with Gasteiger partial charge < -0.3 is 10.1 Å². The standard InChI is InChI=1S/C16H23NOS/c1-2-6-15(5-1)19-16-9-7-13(8-10-16)17-12-14-4-3-11-18-14/h7-10,14-15,17H,1-6,11-12H2. The summed E-state index contributed by atoms with van der Waals surface area (Å²) in [5.41, 5.74) is 1.21. The van der Waals surface area contributed by atoms with Gasteiger partial charge in [0.25, 0.3) is 0 Å². The lowest BCUT2D eigenvalue weighted by Gasteiger charge is -2.13. The number of hydrogen-bond acceptors (Lipinski definition) is 3. The Kier molecular flexibility index (Phi) is 4.67. The van der Waals surface area contributed by atoms with Crippen molar-refractivity contribution >= 4 is 17.4 Å². The summed E-state index contributed by atoms with van der Waals surface area (Å²) in [5, 5.41) is 4.33. The topological polar surface area (TPSA) is 21.3 Å². The Bertz CT molecular complexity index is 380. The molecule has 1 aromatic rings. The number of nitrogens with one attached hydrogen (secondary N) is 1. The van der Waals surface area contributed by atoms with E-state index in [4.69, 9.17) is 4.74 Å². The normalized spacial score (nSPS) is 23.9. The van der Waals surface area contributed by atoms with Gasteiger partial charge in [-0.2, -0.15) is 0 Å². The van der Waals surface area contributed by atoms with E-state index in [0.717, 1.165) is 18.4 Å². The van der Waals surface area contributed by atoms with Crippen molar-refractivity contribution in [1.82, 2.24) is 0 Å². The summed E-state index contributed by atoms with van der Waals surface area (Å²) >= 11 is 2.05. The largest absolute Gasteiger partial charge is 0.382 e. The van der Waals surface area contributed by atoms with Crippen molar-refractivity contribution in [2.45, 2.75) is 54.8 Å². The Morgan fingerprint density at radius 3 is 2.53 bits per heavy atom. The fourth-order valence-electron chi connectivity index (χ4n) is 2.89. The molecular weight excluding hydrogens is 254 g/mol. The van der Waals surface area contributed by atoms with E-state index in [1.165, 1.54) is 49.1 Å². The number of ether oxygens (including phenoxy) is 1. The summed E-state index contributed by atoms with van der Waals surface area (Å²) in [6, 6.07) is 8.90. The lowest BCUT2D eigenvalue weighted by Crippen LogP contribution is -2.18. The Hall–Kier alpha value is -0.670. The number of hydrogen-bond donors (Lipinski definition) is 1. The molecular formula is C16H23NOS. The zero-order chi connectivity index (χ0) is 12.9. The summed E-state index contributed by atoms with van der Waals surface area (Å²) in [6.07, 6.45) is 8.43. The summed E-state index contributed by atoms with van der Waals surface area (Å²) in [4.78, 5) is 1.41. The molecule has 3 heteroatoms. The number of benzene rings is 1. The minimum absolute atomic E-state index is 0.410. The van der Waals surface area contributed by atoms with Crippen molar-refractivity contribution < 1.29 is 4.74 Å². The number of anilines is 1. The van der Waals surface area contributed by atoms with Crippen molar-refractivity contribution in [1.29, 1.82) is 0 Å². The first-order chi connectivity index (χ1) is 9.40. The van der Waals surface area contributed by atoms with E-state index in [9.17, 15) is 0 Å². The number of thioether (sulfide) groups is 1. The number of rotatable bonds is 5. The van der Waals surface area contributed by atoms with E-state index >= 15 is 0 Å². The third-order valence-corrected chi connectivity index (χ3v) is 5.37. The molecule has 1 aliphatic carbocycles.